The third-order valence-corrected chi connectivity index (χ3v) is 3.11. The fourth-order valence-electron chi connectivity index (χ4n) is 1.33. The van der Waals surface area contributed by atoms with E-state index in [4.69, 9.17) is 10.8 Å². The topological polar surface area (TPSA) is 83.6 Å². The van der Waals surface area contributed by atoms with Crippen molar-refractivity contribution in [1.29, 1.82) is 0 Å². The fraction of sp³-hybridized carbons (Fsp3) is 0.750. The molecule has 1 aliphatic heterocycles. The molecule has 1 amide bonds. The number of thioether (sulfide) groups is 1. The van der Waals surface area contributed by atoms with Gasteiger partial charge in [-0.3, -0.25) is 4.79 Å². The molecule has 2 atom stereocenters. The molecule has 0 aromatic heterocycles. The van der Waals surface area contributed by atoms with Crippen LogP contribution < -0.4 is 5.73 Å². The second kappa shape index (κ2) is 4.65. The lowest BCUT2D eigenvalue weighted by Crippen LogP contribution is -2.54. The molecule has 1 saturated heterocycles. The molecule has 6 heteroatoms. The molecule has 0 aliphatic carbocycles. The van der Waals surface area contributed by atoms with Crippen LogP contribution in [0.4, 0.5) is 0 Å². The molecule has 1 rings (SSSR count). The van der Waals surface area contributed by atoms with Gasteiger partial charge in [0.25, 0.3) is 0 Å². The van der Waals surface area contributed by atoms with Gasteiger partial charge in [0.05, 0.1) is 6.04 Å². The molecule has 80 valence electrons. The molecule has 1 fully saturated rings. The first-order valence-electron chi connectivity index (χ1n) is 4.40. The zero-order valence-electron chi connectivity index (χ0n) is 7.97. The summed E-state index contributed by atoms with van der Waals surface area (Å²) >= 11 is 1.55. The smallest absolute Gasteiger partial charge is 0.327 e. The monoisotopic (exact) mass is 218 g/mol. The highest BCUT2D eigenvalue weighted by atomic mass is 32.2. The van der Waals surface area contributed by atoms with Crippen LogP contribution in [0.1, 0.15) is 6.92 Å². The Labute approximate surface area is 86.6 Å². The SMILES string of the molecule is C[C@@H](N)C(=O)N1CCSCC1C(=O)O. The van der Waals surface area contributed by atoms with Crippen LogP contribution in [0.25, 0.3) is 0 Å². The van der Waals surface area contributed by atoms with E-state index in [1.165, 1.54) is 4.90 Å². The van der Waals surface area contributed by atoms with Crippen molar-refractivity contribution in [1.82, 2.24) is 4.90 Å². The second-order valence-electron chi connectivity index (χ2n) is 3.25. The van der Waals surface area contributed by atoms with Gasteiger partial charge < -0.3 is 15.7 Å². The Morgan fingerprint density at radius 1 is 1.64 bits per heavy atom. The third-order valence-electron chi connectivity index (χ3n) is 2.09. The van der Waals surface area contributed by atoms with Gasteiger partial charge in [-0.1, -0.05) is 0 Å². The molecule has 1 heterocycles. The summed E-state index contributed by atoms with van der Waals surface area (Å²) in [5, 5.41) is 8.89. The van der Waals surface area contributed by atoms with Gasteiger partial charge in [0.1, 0.15) is 6.04 Å². The number of aliphatic carboxylic acids is 1. The predicted molar refractivity (Wildman–Crippen MR) is 54.1 cm³/mol. The Kier molecular flexibility index (Phi) is 3.77. The summed E-state index contributed by atoms with van der Waals surface area (Å²) in [7, 11) is 0. The summed E-state index contributed by atoms with van der Waals surface area (Å²) in [4.78, 5) is 23.7. The molecular weight excluding hydrogens is 204 g/mol. The van der Waals surface area contributed by atoms with E-state index in [0.29, 0.717) is 12.3 Å². The minimum atomic E-state index is -0.953. The van der Waals surface area contributed by atoms with Gasteiger partial charge in [0.2, 0.25) is 5.91 Å². The van der Waals surface area contributed by atoms with E-state index in [2.05, 4.69) is 0 Å². The van der Waals surface area contributed by atoms with Crippen molar-refractivity contribution < 1.29 is 14.7 Å². The van der Waals surface area contributed by atoms with Crippen molar-refractivity contribution in [2.45, 2.75) is 19.0 Å². The van der Waals surface area contributed by atoms with Gasteiger partial charge >= 0.3 is 5.97 Å². The molecule has 3 N–H and O–H groups in total. The van der Waals surface area contributed by atoms with Gasteiger partial charge in [-0.2, -0.15) is 11.8 Å². The highest BCUT2D eigenvalue weighted by molar-refractivity contribution is 7.99. The first-order valence-corrected chi connectivity index (χ1v) is 5.56. The maximum atomic E-state index is 11.5. The normalized spacial score (nSPS) is 24.4. The predicted octanol–water partition coefficient (Wildman–Crippen LogP) is -0.638. The number of nitrogens with two attached hydrogens (primary N) is 1. The van der Waals surface area contributed by atoms with E-state index in [1.54, 1.807) is 18.7 Å². The van der Waals surface area contributed by atoms with Crippen molar-refractivity contribution in [3.8, 4) is 0 Å². The van der Waals surface area contributed by atoms with Crippen molar-refractivity contribution >= 4 is 23.6 Å². The fourth-order valence-corrected chi connectivity index (χ4v) is 2.37. The molecular formula is C8H14N2O3S. The number of carbonyl (C=O) groups excluding carboxylic acids is 1. The lowest BCUT2D eigenvalue weighted by Gasteiger charge is -2.33. The number of hydrogen-bond donors (Lipinski definition) is 2. The van der Waals surface area contributed by atoms with Crippen LogP contribution in [0.3, 0.4) is 0 Å². The third kappa shape index (κ3) is 2.39. The van der Waals surface area contributed by atoms with Gasteiger partial charge in [-0.05, 0) is 6.92 Å². The second-order valence-corrected chi connectivity index (χ2v) is 4.40. The first-order chi connectivity index (χ1) is 6.54. The summed E-state index contributed by atoms with van der Waals surface area (Å²) in [6.45, 7) is 2.05. The van der Waals surface area contributed by atoms with Gasteiger partial charge in [0, 0.05) is 18.1 Å². The molecule has 1 unspecified atom stereocenters. The Bertz CT molecular complexity index is 245. The minimum Gasteiger partial charge on any atom is -0.480 e. The highest BCUT2D eigenvalue weighted by Gasteiger charge is 2.33. The largest absolute Gasteiger partial charge is 0.480 e. The zero-order chi connectivity index (χ0) is 10.7. The van der Waals surface area contributed by atoms with E-state index >= 15 is 0 Å². The van der Waals surface area contributed by atoms with Gasteiger partial charge in [-0.25, -0.2) is 4.79 Å². The van der Waals surface area contributed by atoms with E-state index < -0.39 is 18.1 Å². The number of amides is 1. The Balaban J connectivity index is 2.72. The van der Waals surface area contributed by atoms with Crippen LogP contribution >= 0.6 is 11.8 Å². The van der Waals surface area contributed by atoms with Crippen molar-refractivity contribution in [2.75, 3.05) is 18.1 Å². The summed E-state index contributed by atoms with van der Waals surface area (Å²) in [6, 6.07) is -1.34. The quantitative estimate of drug-likeness (QED) is 0.644. The van der Waals surface area contributed by atoms with Crippen LogP contribution in [0.15, 0.2) is 0 Å². The van der Waals surface area contributed by atoms with Crippen molar-refractivity contribution in [3.05, 3.63) is 0 Å². The Morgan fingerprint density at radius 3 is 2.79 bits per heavy atom. The maximum absolute atomic E-state index is 11.5. The molecule has 0 aromatic rings. The van der Waals surface area contributed by atoms with Crippen molar-refractivity contribution in [3.63, 3.8) is 0 Å². The van der Waals surface area contributed by atoms with Gasteiger partial charge in [0.15, 0.2) is 0 Å². The standard InChI is InChI=1S/C8H14N2O3S/c1-5(9)7(11)10-2-3-14-4-6(10)8(12)13/h5-6H,2-4,9H2,1H3,(H,12,13)/t5-,6?/m1/s1. The van der Waals surface area contributed by atoms with Crippen molar-refractivity contribution in [2.24, 2.45) is 5.73 Å². The molecule has 0 spiro atoms. The number of carboxylic acid groups (broad SMARTS) is 1. The average Bonchev–Trinajstić information content (AvgIpc) is 2.16. The highest BCUT2D eigenvalue weighted by Crippen LogP contribution is 2.17. The first kappa shape index (κ1) is 11.3. The molecule has 5 nitrogen and oxygen atoms in total. The number of hydrogen-bond acceptors (Lipinski definition) is 4. The van der Waals surface area contributed by atoms with E-state index in [0.717, 1.165) is 5.75 Å². The van der Waals surface area contributed by atoms with E-state index in [-0.39, 0.29) is 5.91 Å². The lowest BCUT2D eigenvalue weighted by molar-refractivity contribution is -0.149. The minimum absolute atomic E-state index is 0.280. The van der Waals surface area contributed by atoms with Crippen LogP contribution in [-0.2, 0) is 9.59 Å². The number of nitrogens with zero attached hydrogens (tertiary/aromatic N) is 1. The average molecular weight is 218 g/mol. The number of carboxylic acids is 1. The van der Waals surface area contributed by atoms with E-state index in [9.17, 15) is 9.59 Å². The molecule has 0 bridgehead atoms. The molecule has 0 saturated carbocycles. The summed E-state index contributed by atoms with van der Waals surface area (Å²) in [5.41, 5.74) is 5.44. The Hall–Kier alpha value is -0.750. The molecule has 0 aromatic carbocycles. The van der Waals surface area contributed by atoms with Crippen LogP contribution in [0.5, 0.6) is 0 Å². The van der Waals surface area contributed by atoms with E-state index in [1.807, 2.05) is 0 Å². The number of carbonyl (C=O) groups is 2. The van der Waals surface area contributed by atoms with Crippen LogP contribution in [-0.4, -0.2) is 52.0 Å². The number of rotatable bonds is 2. The molecule has 14 heavy (non-hydrogen) atoms. The maximum Gasteiger partial charge on any atom is 0.327 e. The van der Waals surface area contributed by atoms with Gasteiger partial charge in [-0.15, -0.1) is 0 Å². The lowest BCUT2D eigenvalue weighted by atomic mass is 10.2. The summed E-state index contributed by atoms with van der Waals surface area (Å²) in [6.07, 6.45) is 0. The van der Waals surface area contributed by atoms with Crippen LogP contribution in [0.2, 0.25) is 0 Å². The molecule has 1 aliphatic rings. The summed E-state index contributed by atoms with van der Waals surface area (Å²) in [5.74, 6) is -0.000324. The zero-order valence-corrected chi connectivity index (χ0v) is 8.79. The molecule has 0 radical (unpaired) electrons. The summed E-state index contributed by atoms with van der Waals surface area (Å²) < 4.78 is 0. The Morgan fingerprint density at radius 2 is 2.29 bits per heavy atom. The van der Waals surface area contributed by atoms with Crippen LogP contribution in [0, 0.1) is 0 Å².